The summed E-state index contributed by atoms with van der Waals surface area (Å²) in [5.41, 5.74) is 1.07. The summed E-state index contributed by atoms with van der Waals surface area (Å²) >= 11 is 5.65. The molecule has 0 N–H and O–H groups in total. The lowest BCUT2D eigenvalue weighted by Crippen LogP contribution is -2.02. The first-order valence-corrected chi connectivity index (χ1v) is 4.39. The summed E-state index contributed by atoms with van der Waals surface area (Å²) in [6, 6.07) is 4.76. The van der Waals surface area contributed by atoms with Crippen LogP contribution in [0.1, 0.15) is 5.69 Å². The highest BCUT2D eigenvalue weighted by Crippen LogP contribution is 2.21. The van der Waals surface area contributed by atoms with Crippen molar-refractivity contribution in [1.29, 1.82) is 0 Å². The smallest absolute Gasteiger partial charge is 0.167 e. The molecule has 0 aliphatic rings. The third-order valence-corrected chi connectivity index (χ3v) is 2.17. The van der Waals surface area contributed by atoms with Gasteiger partial charge in [0.2, 0.25) is 0 Å². The van der Waals surface area contributed by atoms with Crippen LogP contribution >= 0.6 is 11.6 Å². The van der Waals surface area contributed by atoms with Crippen molar-refractivity contribution in [1.82, 2.24) is 15.0 Å². The van der Waals surface area contributed by atoms with Gasteiger partial charge in [-0.05, 0) is 19.1 Å². The third kappa shape index (κ3) is 1.37. The lowest BCUT2D eigenvalue weighted by Gasteiger charge is -2.04. The minimum atomic E-state index is -0.484. The van der Waals surface area contributed by atoms with Crippen molar-refractivity contribution in [2.24, 2.45) is 0 Å². The van der Waals surface area contributed by atoms with E-state index in [1.54, 1.807) is 25.3 Å². The minimum Gasteiger partial charge on any atom is -0.215 e. The van der Waals surface area contributed by atoms with E-state index in [0.717, 1.165) is 5.69 Å². The molecule has 0 saturated heterocycles. The van der Waals surface area contributed by atoms with Crippen molar-refractivity contribution < 1.29 is 4.39 Å². The second-order valence-corrected chi connectivity index (χ2v) is 3.27. The monoisotopic (exact) mass is 211 g/mol. The Balaban J connectivity index is 2.63. The number of aromatic nitrogens is 3. The van der Waals surface area contributed by atoms with Crippen LogP contribution in [-0.4, -0.2) is 15.0 Å². The average molecular weight is 212 g/mol. The zero-order chi connectivity index (χ0) is 10.1. The average Bonchev–Trinajstić information content (AvgIpc) is 2.57. The number of aryl methyl sites for hydroxylation is 1. The van der Waals surface area contributed by atoms with E-state index in [-0.39, 0.29) is 5.02 Å². The van der Waals surface area contributed by atoms with Gasteiger partial charge in [-0.1, -0.05) is 22.9 Å². The zero-order valence-electron chi connectivity index (χ0n) is 7.41. The first kappa shape index (κ1) is 9.15. The van der Waals surface area contributed by atoms with E-state index >= 15 is 0 Å². The summed E-state index contributed by atoms with van der Waals surface area (Å²) in [6.45, 7) is 1.79. The van der Waals surface area contributed by atoms with Gasteiger partial charge in [0.05, 0.1) is 16.9 Å². The molecular formula is C9H7ClFN3. The van der Waals surface area contributed by atoms with Crippen LogP contribution in [0.2, 0.25) is 5.02 Å². The molecule has 0 saturated carbocycles. The molecule has 0 aliphatic carbocycles. The van der Waals surface area contributed by atoms with Crippen LogP contribution in [0.25, 0.3) is 5.69 Å². The molecular weight excluding hydrogens is 205 g/mol. The topological polar surface area (TPSA) is 30.7 Å². The van der Waals surface area contributed by atoms with E-state index in [0.29, 0.717) is 5.69 Å². The van der Waals surface area contributed by atoms with Crippen molar-refractivity contribution in [3.05, 3.63) is 40.9 Å². The molecule has 0 atom stereocenters. The van der Waals surface area contributed by atoms with E-state index in [4.69, 9.17) is 11.6 Å². The van der Waals surface area contributed by atoms with Gasteiger partial charge in [-0.2, -0.15) is 0 Å². The Morgan fingerprint density at radius 3 is 2.86 bits per heavy atom. The van der Waals surface area contributed by atoms with Gasteiger partial charge < -0.3 is 0 Å². The lowest BCUT2D eigenvalue weighted by atomic mass is 10.3. The largest absolute Gasteiger partial charge is 0.215 e. The van der Waals surface area contributed by atoms with Crippen LogP contribution in [0.5, 0.6) is 0 Å². The second kappa shape index (κ2) is 3.38. The number of rotatable bonds is 1. The summed E-state index contributed by atoms with van der Waals surface area (Å²) in [5, 5.41) is 7.51. The van der Waals surface area contributed by atoms with Crippen LogP contribution in [0, 0.1) is 12.7 Å². The molecule has 5 heteroatoms. The van der Waals surface area contributed by atoms with Crippen LogP contribution in [0.4, 0.5) is 4.39 Å². The van der Waals surface area contributed by atoms with Gasteiger partial charge in [-0.15, -0.1) is 5.10 Å². The van der Waals surface area contributed by atoms with Gasteiger partial charge in [0.1, 0.15) is 5.69 Å². The fourth-order valence-corrected chi connectivity index (χ4v) is 1.35. The number of hydrogen-bond donors (Lipinski definition) is 0. The van der Waals surface area contributed by atoms with Crippen molar-refractivity contribution in [2.45, 2.75) is 6.92 Å². The Morgan fingerprint density at radius 1 is 1.43 bits per heavy atom. The first-order chi connectivity index (χ1) is 6.70. The highest BCUT2D eigenvalue weighted by Gasteiger charge is 2.10. The zero-order valence-corrected chi connectivity index (χ0v) is 8.16. The highest BCUT2D eigenvalue weighted by molar-refractivity contribution is 6.30. The molecule has 0 radical (unpaired) electrons. The van der Waals surface area contributed by atoms with Gasteiger partial charge in [-0.25, -0.2) is 9.07 Å². The third-order valence-electron chi connectivity index (χ3n) is 1.88. The molecule has 1 heterocycles. The highest BCUT2D eigenvalue weighted by atomic mass is 35.5. The molecule has 0 unspecified atom stereocenters. The second-order valence-electron chi connectivity index (χ2n) is 2.86. The molecule has 0 spiro atoms. The van der Waals surface area contributed by atoms with Crippen molar-refractivity contribution >= 4 is 11.6 Å². The number of hydrogen-bond acceptors (Lipinski definition) is 2. The Kier molecular flexibility index (Phi) is 2.21. The van der Waals surface area contributed by atoms with Crippen molar-refractivity contribution in [2.75, 3.05) is 0 Å². The van der Waals surface area contributed by atoms with Crippen molar-refractivity contribution in [3.8, 4) is 5.69 Å². The Morgan fingerprint density at radius 2 is 2.21 bits per heavy atom. The van der Waals surface area contributed by atoms with Gasteiger partial charge in [0, 0.05) is 0 Å². The number of halogens is 2. The van der Waals surface area contributed by atoms with Crippen molar-refractivity contribution in [3.63, 3.8) is 0 Å². The summed E-state index contributed by atoms with van der Waals surface area (Å²) in [6.07, 6.45) is 1.56. The molecule has 14 heavy (non-hydrogen) atoms. The maximum absolute atomic E-state index is 13.5. The summed E-state index contributed by atoms with van der Waals surface area (Å²) < 4.78 is 14.9. The van der Waals surface area contributed by atoms with Crippen LogP contribution in [0.15, 0.2) is 24.4 Å². The molecule has 1 aromatic carbocycles. The predicted octanol–water partition coefficient (Wildman–Crippen LogP) is 2.37. The Hall–Kier alpha value is -1.42. The van der Waals surface area contributed by atoms with E-state index in [9.17, 15) is 4.39 Å². The summed E-state index contributed by atoms with van der Waals surface area (Å²) in [4.78, 5) is 0. The van der Waals surface area contributed by atoms with Crippen LogP contribution in [0.3, 0.4) is 0 Å². The summed E-state index contributed by atoms with van der Waals surface area (Å²) in [7, 11) is 0. The normalized spacial score (nSPS) is 10.5. The standard InChI is InChI=1S/C9H7ClFN3/c1-6-5-12-13-14(6)8-4-2-3-7(10)9(8)11/h2-5H,1H3. The first-order valence-electron chi connectivity index (χ1n) is 4.02. The number of nitrogens with zero attached hydrogens (tertiary/aromatic N) is 3. The summed E-state index contributed by atoms with van der Waals surface area (Å²) in [5.74, 6) is -0.484. The molecule has 1 aromatic heterocycles. The number of benzene rings is 1. The maximum atomic E-state index is 13.5. The van der Waals surface area contributed by atoms with E-state index < -0.39 is 5.82 Å². The minimum absolute atomic E-state index is 0.0809. The van der Waals surface area contributed by atoms with Gasteiger partial charge in [0.15, 0.2) is 5.82 Å². The Bertz CT molecular complexity index is 467. The fourth-order valence-electron chi connectivity index (χ4n) is 1.18. The van der Waals surface area contributed by atoms with E-state index in [2.05, 4.69) is 10.3 Å². The molecule has 0 aliphatic heterocycles. The molecule has 0 amide bonds. The maximum Gasteiger partial charge on any atom is 0.167 e. The molecule has 72 valence electrons. The van der Waals surface area contributed by atoms with Gasteiger partial charge in [-0.3, -0.25) is 0 Å². The van der Waals surface area contributed by atoms with Crippen LogP contribution < -0.4 is 0 Å². The van der Waals surface area contributed by atoms with Gasteiger partial charge >= 0.3 is 0 Å². The van der Waals surface area contributed by atoms with E-state index in [1.165, 1.54) is 10.7 Å². The van der Waals surface area contributed by atoms with Crippen LogP contribution in [-0.2, 0) is 0 Å². The lowest BCUT2D eigenvalue weighted by molar-refractivity contribution is 0.605. The van der Waals surface area contributed by atoms with E-state index in [1.807, 2.05) is 0 Å². The SMILES string of the molecule is Cc1cnnn1-c1cccc(Cl)c1F. The molecule has 0 bridgehead atoms. The Labute approximate surface area is 85.1 Å². The predicted molar refractivity (Wildman–Crippen MR) is 51.1 cm³/mol. The fraction of sp³-hybridized carbons (Fsp3) is 0.111. The van der Waals surface area contributed by atoms with Gasteiger partial charge in [0.25, 0.3) is 0 Å². The quantitative estimate of drug-likeness (QED) is 0.725. The molecule has 2 aromatic rings. The molecule has 0 fully saturated rings. The molecule has 2 rings (SSSR count). The molecule has 3 nitrogen and oxygen atoms in total.